The summed E-state index contributed by atoms with van der Waals surface area (Å²) in [5.41, 5.74) is 1.62. The fourth-order valence-electron chi connectivity index (χ4n) is 2.82. The number of aryl methyl sites for hydroxylation is 1. The molecule has 0 saturated heterocycles. The smallest absolute Gasteiger partial charge is 0.307 e. The lowest BCUT2D eigenvalue weighted by atomic mass is 10.1. The largest absolute Gasteiger partial charge is 0.481 e. The number of hydrogen-bond donors (Lipinski definition) is 1. The van der Waals surface area contributed by atoms with Crippen LogP contribution >= 0.6 is 11.6 Å². The maximum atomic E-state index is 13.2. The van der Waals surface area contributed by atoms with Gasteiger partial charge in [0.1, 0.15) is 0 Å². The van der Waals surface area contributed by atoms with Gasteiger partial charge in [0.05, 0.1) is 11.3 Å². The summed E-state index contributed by atoms with van der Waals surface area (Å²) >= 11 is 5.99. The van der Waals surface area contributed by atoms with E-state index in [9.17, 15) is 13.2 Å². The SMILES string of the molecule is Cc1cc(S(=O)(=O)n2c(C)c(CC(=O)O)c3cccnc32)ccc1Cl. The van der Waals surface area contributed by atoms with Gasteiger partial charge in [0.25, 0.3) is 10.0 Å². The van der Waals surface area contributed by atoms with E-state index in [0.717, 1.165) is 3.97 Å². The van der Waals surface area contributed by atoms with Gasteiger partial charge < -0.3 is 5.11 Å². The monoisotopic (exact) mass is 378 g/mol. The van der Waals surface area contributed by atoms with Crippen molar-refractivity contribution in [1.29, 1.82) is 0 Å². The predicted octanol–water partition coefficient (Wildman–Crippen LogP) is 3.17. The Morgan fingerprint density at radius 1 is 1.28 bits per heavy atom. The Hall–Kier alpha value is -2.38. The van der Waals surface area contributed by atoms with E-state index in [4.69, 9.17) is 16.7 Å². The summed E-state index contributed by atoms with van der Waals surface area (Å²) in [6, 6.07) is 7.76. The Morgan fingerprint density at radius 3 is 2.64 bits per heavy atom. The number of aliphatic carboxylic acids is 1. The topological polar surface area (TPSA) is 89.3 Å². The van der Waals surface area contributed by atoms with Crippen LogP contribution in [0.25, 0.3) is 11.0 Å². The number of nitrogens with zero attached hydrogens (tertiary/aromatic N) is 2. The number of carbonyl (C=O) groups is 1. The maximum Gasteiger partial charge on any atom is 0.307 e. The summed E-state index contributed by atoms with van der Waals surface area (Å²) in [7, 11) is -3.95. The number of hydrogen-bond acceptors (Lipinski definition) is 4. The number of rotatable bonds is 4. The average Bonchev–Trinajstić information content (AvgIpc) is 2.82. The molecule has 0 bridgehead atoms. The molecule has 0 saturated carbocycles. The fourth-order valence-corrected chi connectivity index (χ4v) is 4.56. The molecule has 0 unspecified atom stereocenters. The van der Waals surface area contributed by atoms with Crippen molar-refractivity contribution in [2.75, 3.05) is 0 Å². The molecule has 0 aliphatic heterocycles. The van der Waals surface area contributed by atoms with E-state index in [-0.39, 0.29) is 17.0 Å². The van der Waals surface area contributed by atoms with Gasteiger partial charge in [-0.1, -0.05) is 11.6 Å². The summed E-state index contributed by atoms with van der Waals surface area (Å²) in [5, 5.41) is 10.1. The molecule has 0 atom stereocenters. The van der Waals surface area contributed by atoms with Crippen LogP contribution in [0.15, 0.2) is 41.4 Å². The Kier molecular flexibility index (Phi) is 4.30. The highest BCUT2D eigenvalue weighted by Crippen LogP contribution is 2.30. The molecule has 0 aliphatic carbocycles. The molecule has 2 aromatic heterocycles. The first-order valence-corrected chi connectivity index (χ1v) is 9.23. The number of carboxylic acid groups (broad SMARTS) is 1. The Bertz CT molecular complexity index is 1100. The van der Waals surface area contributed by atoms with E-state index in [1.54, 1.807) is 26.0 Å². The molecule has 2 heterocycles. The Balaban J connectivity index is 2.32. The molecule has 0 radical (unpaired) electrons. The first-order chi connectivity index (χ1) is 11.7. The van der Waals surface area contributed by atoms with Crippen molar-refractivity contribution in [1.82, 2.24) is 8.96 Å². The molecule has 8 heteroatoms. The molecule has 1 aromatic carbocycles. The third-order valence-electron chi connectivity index (χ3n) is 4.04. The van der Waals surface area contributed by atoms with Crippen molar-refractivity contribution in [2.45, 2.75) is 25.2 Å². The van der Waals surface area contributed by atoms with Crippen molar-refractivity contribution in [3.05, 3.63) is 58.4 Å². The van der Waals surface area contributed by atoms with Crippen molar-refractivity contribution in [3.8, 4) is 0 Å². The van der Waals surface area contributed by atoms with Crippen molar-refractivity contribution >= 4 is 38.6 Å². The van der Waals surface area contributed by atoms with Crippen LogP contribution in [0, 0.1) is 13.8 Å². The Labute approximate surface area is 149 Å². The van der Waals surface area contributed by atoms with Crippen LogP contribution in [0.2, 0.25) is 5.02 Å². The normalized spacial score (nSPS) is 11.8. The van der Waals surface area contributed by atoms with Crippen LogP contribution < -0.4 is 0 Å². The maximum absolute atomic E-state index is 13.2. The highest BCUT2D eigenvalue weighted by molar-refractivity contribution is 7.90. The molecule has 0 amide bonds. The lowest BCUT2D eigenvalue weighted by Crippen LogP contribution is -2.15. The molecule has 0 spiro atoms. The van der Waals surface area contributed by atoms with Crippen LogP contribution in [-0.4, -0.2) is 28.5 Å². The van der Waals surface area contributed by atoms with Gasteiger partial charge in [-0.3, -0.25) is 4.79 Å². The molecule has 0 fully saturated rings. The minimum Gasteiger partial charge on any atom is -0.481 e. The summed E-state index contributed by atoms with van der Waals surface area (Å²) in [4.78, 5) is 15.4. The number of fused-ring (bicyclic) bond motifs is 1. The van der Waals surface area contributed by atoms with Crippen molar-refractivity contribution < 1.29 is 18.3 Å². The molecule has 1 N–H and O–H groups in total. The van der Waals surface area contributed by atoms with Crippen molar-refractivity contribution in [2.24, 2.45) is 0 Å². The van der Waals surface area contributed by atoms with Gasteiger partial charge in [-0.25, -0.2) is 17.4 Å². The van der Waals surface area contributed by atoms with E-state index in [2.05, 4.69) is 4.98 Å². The summed E-state index contributed by atoms with van der Waals surface area (Å²) in [5.74, 6) is -1.04. The predicted molar refractivity (Wildman–Crippen MR) is 94.6 cm³/mol. The van der Waals surface area contributed by atoms with Gasteiger partial charge in [-0.15, -0.1) is 0 Å². The number of halogens is 1. The zero-order valence-electron chi connectivity index (χ0n) is 13.5. The second kappa shape index (κ2) is 6.16. The van der Waals surface area contributed by atoms with Crippen molar-refractivity contribution in [3.63, 3.8) is 0 Å². The zero-order valence-corrected chi connectivity index (χ0v) is 15.1. The van der Waals surface area contributed by atoms with E-state index in [1.165, 1.54) is 24.4 Å². The number of aromatic nitrogens is 2. The first-order valence-electron chi connectivity index (χ1n) is 7.42. The second-order valence-electron chi connectivity index (χ2n) is 5.69. The van der Waals surface area contributed by atoms with E-state index < -0.39 is 16.0 Å². The number of carboxylic acids is 1. The average molecular weight is 379 g/mol. The third-order valence-corrected chi connectivity index (χ3v) is 6.24. The Morgan fingerprint density at radius 2 is 2.00 bits per heavy atom. The van der Waals surface area contributed by atoms with E-state index in [1.807, 2.05) is 0 Å². The molecular weight excluding hydrogens is 364 g/mol. The number of benzene rings is 1. The standard InChI is InChI=1S/C17H15ClN2O4S/c1-10-8-12(5-6-15(10)18)25(23,24)20-11(2)14(9-16(21)22)13-4-3-7-19-17(13)20/h3-8H,9H2,1-2H3,(H,21,22). The van der Waals surface area contributed by atoms with Gasteiger partial charge in [0.2, 0.25) is 0 Å². The zero-order chi connectivity index (χ0) is 18.4. The van der Waals surface area contributed by atoms with Crippen LogP contribution in [-0.2, 0) is 21.2 Å². The second-order valence-corrected chi connectivity index (χ2v) is 7.88. The fraction of sp³-hybridized carbons (Fsp3) is 0.176. The van der Waals surface area contributed by atoms with Gasteiger partial charge >= 0.3 is 5.97 Å². The van der Waals surface area contributed by atoms with Gasteiger partial charge in [0, 0.05) is 22.3 Å². The van der Waals surface area contributed by atoms with Crippen LogP contribution in [0.5, 0.6) is 0 Å². The first kappa shape index (κ1) is 17.4. The third kappa shape index (κ3) is 2.89. The van der Waals surface area contributed by atoms with E-state index >= 15 is 0 Å². The van der Waals surface area contributed by atoms with Gasteiger partial charge in [0.15, 0.2) is 5.65 Å². The van der Waals surface area contributed by atoms with Crippen LogP contribution in [0.3, 0.4) is 0 Å². The molecule has 25 heavy (non-hydrogen) atoms. The highest BCUT2D eigenvalue weighted by Gasteiger charge is 2.26. The highest BCUT2D eigenvalue weighted by atomic mass is 35.5. The quantitative estimate of drug-likeness (QED) is 0.753. The molecule has 3 rings (SSSR count). The summed E-state index contributed by atoms with van der Waals surface area (Å²) in [6.07, 6.45) is 1.20. The van der Waals surface area contributed by atoms with Gasteiger partial charge in [-0.2, -0.15) is 0 Å². The minimum atomic E-state index is -3.95. The minimum absolute atomic E-state index is 0.0712. The lowest BCUT2D eigenvalue weighted by molar-refractivity contribution is -0.136. The van der Waals surface area contributed by atoms with E-state index in [0.29, 0.717) is 27.2 Å². The summed E-state index contributed by atoms with van der Waals surface area (Å²) in [6.45, 7) is 3.30. The lowest BCUT2D eigenvalue weighted by Gasteiger charge is -2.11. The molecule has 6 nitrogen and oxygen atoms in total. The number of pyridine rings is 1. The molecular formula is C17H15ClN2O4S. The van der Waals surface area contributed by atoms with Crippen LogP contribution in [0.4, 0.5) is 0 Å². The molecule has 0 aliphatic rings. The molecule has 3 aromatic rings. The molecule has 130 valence electrons. The summed E-state index contributed by atoms with van der Waals surface area (Å²) < 4.78 is 27.4. The van der Waals surface area contributed by atoms with Gasteiger partial charge in [-0.05, 0) is 55.3 Å². The van der Waals surface area contributed by atoms with Crippen LogP contribution in [0.1, 0.15) is 16.8 Å².